The van der Waals surface area contributed by atoms with Crippen LogP contribution in [-0.4, -0.2) is 0 Å². The maximum atomic E-state index is 3.30. The SMILES string of the molecule is CCCCC1=[C-]CC=C1.[I-].[I-].[Zr+3]. The van der Waals surface area contributed by atoms with Gasteiger partial charge in [0.1, 0.15) is 0 Å². The van der Waals surface area contributed by atoms with E-state index in [9.17, 15) is 0 Å². The van der Waals surface area contributed by atoms with E-state index in [1.807, 2.05) is 0 Å². The molecule has 1 aliphatic rings. The predicted molar refractivity (Wildman–Crippen MR) is 40.0 cm³/mol. The molecule has 0 atom stereocenters. The van der Waals surface area contributed by atoms with E-state index in [0.29, 0.717) is 0 Å². The van der Waals surface area contributed by atoms with Crippen LogP contribution in [0.4, 0.5) is 0 Å². The smallest absolute Gasteiger partial charge is 1.00 e. The molecular formula is C9H13I2Zr. The van der Waals surface area contributed by atoms with Gasteiger partial charge in [0.25, 0.3) is 0 Å². The summed E-state index contributed by atoms with van der Waals surface area (Å²) in [6.45, 7) is 2.22. The van der Waals surface area contributed by atoms with Gasteiger partial charge in [0.15, 0.2) is 0 Å². The summed E-state index contributed by atoms with van der Waals surface area (Å²) in [5.41, 5.74) is 1.41. The molecule has 0 fully saturated rings. The van der Waals surface area contributed by atoms with Gasteiger partial charge in [-0.25, -0.2) is 11.6 Å². The Morgan fingerprint density at radius 2 is 2.08 bits per heavy atom. The van der Waals surface area contributed by atoms with Gasteiger partial charge in [-0.15, -0.1) is 6.42 Å². The van der Waals surface area contributed by atoms with Gasteiger partial charge in [0.2, 0.25) is 0 Å². The fourth-order valence-electron chi connectivity index (χ4n) is 0.989. The average molecular weight is 466 g/mol. The van der Waals surface area contributed by atoms with Crippen molar-refractivity contribution in [2.45, 2.75) is 32.6 Å². The number of rotatable bonds is 3. The van der Waals surface area contributed by atoms with Gasteiger partial charge in [0, 0.05) is 0 Å². The van der Waals surface area contributed by atoms with Crippen LogP contribution in [0.15, 0.2) is 17.7 Å². The molecule has 0 N–H and O–H groups in total. The molecule has 0 nitrogen and oxygen atoms in total. The molecule has 0 aromatic heterocycles. The summed E-state index contributed by atoms with van der Waals surface area (Å²) in [6, 6.07) is 0. The number of hydrogen-bond donors (Lipinski definition) is 0. The second-order valence-corrected chi connectivity index (χ2v) is 2.41. The topological polar surface area (TPSA) is 0 Å². The third-order valence-electron chi connectivity index (χ3n) is 1.57. The fraction of sp³-hybridized carbons (Fsp3) is 0.556. The third kappa shape index (κ3) is 8.42. The van der Waals surface area contributed by atoms with E-state index in [4.69, 9.17) is 0 Å². The van der Waals surface area contributed by atoms with Crippen LogP contribution in [0.5, 0.6) is 0 Å². The summed E-state index contributed by atoms with van der Waals surface area (Å²) in [5.74, 6) is 0. The fourth-order valence-corrected chi connectivity index (χ4v) is 0.989. The molecule has 0 bridgehead atoms. The Balaban J connectivity index is -0.000000270. The summed E-state index contributed by atoms with van der Waals surface area (Å²) >= 11 is 0. The predicted octanol–water partition coefficient (Wildman–Crippen LogP) is -3.13. The third-order valence-corrected chi connectivity index (χ3v) is 1.57. The van der Waals surface area contributed by atoms with E-state index in [1.54, 1.807) is 0 Å². The van der Waals surface area contributed by atoms with Gasteiger partial charge >= 0.3 is 26.2 Å². The van der Waals surface area contributed by atoms with E-state index in [1.165, 1.54) is 24.8 Å². The quantitative estimate of drug-likeness (QED) is 0.305. The number of halogens is 2. The van der Waals surface area contributed by atoms with Crippen LogP contribution in [0, 0.1) is 6.08 Å². The molecule has 0 spiro atoms. The van der Waals surface area contributed by atoms with Crippen molar-refractivity contribution in [3.63, 3.8) is 0 Å². The standard InChI is InChI=1S/C9H13.2HI.Zr/c1-2-3-6-9-7-4-5-8-9;;;/h4,7H,2-3,5-6H2,1H3;2*1H;/q-1;;;+3/p-2. The second-order valence-electron chi connectivity index (χ2n) is 2.41. The molecule has 0 aromatic carbocycles. The van der Waals surface area contributed by atoms with E-state index in [0.717, 1.165) is 6.42 Å². The van der Waals surface area contributed by atoms with Gasteiger partial charge in [0.05, 0.1) is 0 Å². The Bertz CT molecular complexity index is 141. The van der Waals surface area contributed by atoms with E-state index in [-0.39, 0.29) is 74.2 Å². The molecule has 67 valence electrons. The van der Waals surface area contributed by atoms with Crippen LogP contribution in [0.1, 0.15) is 32.6 Å². The molecule has 1 aliphatic carbocycles. The van der Waals surface area contributed by atoms with Crippen LogP contribution < -0.4 is 48.0 Å². The van der Waals surface area contributed by atoms with Gasteiger partial charge in [-0.3, -0.25) is 6.08 Å². The van der Waals surface area contributed by atoms with Gasteiger partial charge in [-0.05, 0) is 0 Å². The van der Waals surface area contributed by atoms with Gasteiger partial charge in [-0.1, -0.05) is 26.2 Å². The van der Waals surface area contributed by atoms with Crippen molar-refractivity contribution < 1.29 is 74.2 Å². The minimum absolute atomic E-state index is 0. The normalized spacial score (nSPS) is 12.2. The Kier molecular flexibility index (Phi) is 20.7. The molecule has 0 amide bonds. The largest absolute Gasteiger partial charge is 3.00 e. The number of unbranched alkanes of at least 4 members (excludes halogenated alkanes) is 1. The number of allylic oxidation sites excluding steroid dienone is 4. The van der Waals surface area contributed by atoms with E-state index in [2.05, 4.69) is 25.2 Å². The first-order chi connectivity index (χ1) is 4.43. The van der Waals surface area contributed by atoms with Crippen molar-refractivity contribution in [1.82, 2.24) is 0 Å². The molecule has 1 rings (SSSR count). The molecule has 0 aromatic rings. The van der Waals surface area contributed by atoms with Crippen LogP contribution in [0.3, 0.4) is 0 Å². The molecule has 0 aliphatic heterocycles. The summed E-state index contributed by atoms with van der Waals surface area (Å²) in [6.07, 6.45) is 12.5. The van der Waals surface area contributed by atoms with Crippen LogP contribution in [0.2, 0.25) is 0 Å². The van der Waals surface area contributed by atoms with Crippen molar-refractivity contribution >= 4 is 0 Å². The van der Waals surface area contributed by atoms with Crippen molar-refractivity contribution in [1.29, 1.82) is 0 Å². The molecule has 3 heteroatoms. The maximum absolute atomic E-state index is 3.30. The molecular weight excluding hydrogens is 453 g/mol. The molecule has 0 saturated heterocycles. The summed E-state index contributed by atoms with van der Waals surface area (Å²) in [5, 5.41) is 0. The minimum atomic E-state index is 0. The summed E-state index contributed by atoms with van der Waals surface area (Å²) < 4.78 is 0. The van der Waals surface area contributed by atoms with Crippen LogP contribution >= 0.6 is 0 Å². The van der Waals surface area contributed by atoms with Gasteiger partial charge in [-0.2, -0.15) is 6.08 Å². The van der Waals surface area contributed by atoms with Crippen LogP contribution in [-0.2, 0) is 26.2 Å². The Morgan fingerprint density at radius 1 is 1.42 bits per heavy atom. The Morgan fingerprint density at radius 3 is 2.50 bits per heavy atom. The second kappa shape index (κ2) is 12.8. The van der Waals surface area contributed by atoms with Gasteiger partial charge < -0.3 is 48.0 Å². The first-order valence-electron chi connectivity index (χ1n) is 3.69. The van der Waals surface area contributed by atoms with E-state index >= 15 is 0 Å². The summed E-state index contributed by atoms with van der Waals surface area (Å²) in [4.78, 5) is 0. The zero-order chi connectivity index (χ0) is 6.53. The monoisotopic (exact) mass is 465 g/mol. The molecule has 0 saturated carbocycles. The first-order valence-corrected chi connectivity index (χ1v) is 3.69. The minimum Gasteiger partial charge on any atom is -1.00 e. The average Bonchev–Trinajstić information content (AvgIpc) is 2.34. The van der Waals surface area contributed by atoms with E-state index < -0.39 is 0 Å². The molecule has 0 heterocycles. The van der Waals surface area contributed by atoms with Crippen molar-refractivity contribution in [2.75, 3.05) is 0 Å². The molecule has 0 unspecified atom stereocenters. The zero-order valence-corrected chi connectivity index (χ0v) is 14.0. The summed E-state index contributed by atoms with van der Waals surface area (Å²) in [7, 11) is 0. The van der Waals surface area contributed by atoms with Crippen molar-refractivity contribution in [2.24, 2.45) is 0 Å². The van der Waals surface area contributed by atoms with Crippen molar-refractivity contribution in [3.8, 4) is 0 Å². The Labute approximate surface area is 129 Å². The molecule has 12 heavy (non-hydrogen) atoms. The first kappa shape index (κ1) is 19.4. The van der Waals surface area contributed by atoms with Crippen molar-refractivity contribution in [3.05, 3.63) is 23.8 Å². The molecule has 1 radical (unpaired) electrons. The maximum Gasteiger partial charge on any atom is 3.00 e. The zero-order valence-electron chi connectivity index (χ0n) is 7.24. The van der Waals surface area contributed by atoms with Crippen LogP contribution in [0.25, 0.3) is 0 Å². The number of hydrogen-bond acceptors (Lipinski definition) is 0. The Hall–Kier alpha value is 1.82.